The summed E-state index contributed by atoms with van der Waals surface area (Å²) < 4.78 is 0. The molecule has 0 saturated heterocycles. The monoisotopic (exact) mass is 316 g/mol. The van der Waals surface area contributed by atoms with Gasteiger partial charge in [0.25, 0.3) is 0 Å². The number of benzene rings is 2. The maximum absolute atomic E-state index is 4.46. The summed E-state index contributed by atoms with van der Waals surface area (Å²) in [4.78, 5) is 7.87. The van der Waals surface area contributed by atoms with E-state index in [0.29, 0.717) is 5.92 Å². The van der Waals surface area contributed by atoms with Gasteiger partial charge in [-0.3, -0.25) is 4.98 Å². The summed E-state index contributed by atoms with van der Waals surface area (Å²) in [6.07, 6.45) is 6.54. The fraction of sp³-hybridized carbons (Fsp3) is 0.286. The van der Waals surface area contributed by atoms with E-state index in [0.717, 1.165) is 19.4 Å². The number of nitrogens with zero attached hydrogens (tertiary/aromatic N) is 1. The van der Waals surface area contributed by atoms with Crippen molar-refractivity contribution < 1.29 is 0 Å². The molecule has 0 saturated carbocycles. The minimum absolute atomic E-state index is 0.482. The minimum atomic E-state index is 0.482. The van der Waals surface area contributed by atoms with Crippen LogP contribution in [0.15, 0.2) is 66.9 Å². The van der Waals surface area contributed by atoms with Crippen LogP contribution in [0.4, 0.5) is 0 Å². The molecule has 1 heterocycles. The molecule has 0 unspecified atom stereocenters. The lowest BCUT2D eigenvalue weighted by atomic mass is 9.71. The van der Waals surface area contributed by atoms with Crippen molar-refractivity contribution in [2.75, 3.05) is 0 Å². The predicted octanol–water partition coefficient (Wildman–Crippen LogP) is 4.06. The summed E-state index contributed by atoms with van der Waals surface area (Å²) in [5, 5.41) is 0. The first-order valence-corrected chi connectivity index (χ1v) is 8.99. The van der Waals surface area contributed by atoms with Gasteiger partial charge in [-0.25, -0.2) is 0 Å². The molecular formula is C21H25BN2. The SMILES string of the molecule is CCc1cnc(BCCCC(c2ccccc2)c2ccccc2)[nH]1. The molecule has 0 aliphatic carbocycles. The van der Waals surface area contributed by atoms with Crippen molar-refractivity contribution >= 4 is 13.0 Å². The zero-order valence-corrected chi connectivity index (χ0v) is 14.4. The van der Waals surface area contributed by atoms with Crippen molar-refractivity contribution in [3.63, 3.8) is 0 Å². The van der Waals surface area contributed by atoms with Gasteiger partial charge in [-0.2, -0.15) is 0 Å². The standard InChI is InChI=1S/C21H25BN2/c1-2-19-16-23-21(24-19)22-15-9-14-20(17-10-5-3-6-11-17)18-12-7-4-8-13-18/h3-8,10-13,16,20,22H,2,9,14-15H2,1H3,(H,23,24). The van der Waals surface area contributed by atoms with E-state index in [1.165, 1.54) is 36.0 Å². The first-order valence-electron chi connectivity index (χ1n) is 8.99. The number of hydrogen-bond donors (Lipinski definition) is 1. The summed E-state index contributed by atoms with van der Waals surface area (Å²) in [5.74, 6) is 0.482. The van der Waals surface area contributed by atoms with E-state index in [2.05, 4.69) is 77.6 Å². The van der Waals surface area contributed by atoms with E-state index in [1.807, 2.05) is 6.20 Å². The summed E-state index contributed by atoms with van der Waals surface area (Å²) in [6, 6.07) is 21.7. The smallest absolute Gasteiger partial charge is 0.204 e. The van der Waals surface area contributed by atoms with Crippen molar-refractivity contribution in [3.8, 4) is 0 Å². The lowest BCUT2D eigenvalue weighted by molar-refractivity contribution is 0.697. The Morgan fingerprint density at radius 2 is 1.58 bits per heavy atom. The van der Waals surface area contributed by atoms with E-state index in [1.54, 1.807) is 0 Å². The summed E-state index contributed by atoms with van der Waals surface area (Å²) in [5.41, 5.74) is 5.18. The van der Waals surface area contributed by atoms with Crippen LogP contribution >= 0.6 is 0 Å². The van der Waals surface area contributed by atoms with Gasteiger partial charge >= 0.3 is 0 Å². The molecule has 122 valence electrons. The van der Waals surface area contributed by atoms with E-state index in [9.17, 15) is 0 Å². The van der Waals surface area contributed by atoms with Crippen LogP contribution in [-0.2, 0) is 6.42 Å². The number of imidazole rings is 1. The zero-order valence-electron chi connectivity index (χ0n) is 14.4. The lowest BCUT2D eigenvalue weighted by Crippen LogP contribution is -2.18. The number of nitrogens with one attached hydrogen (secondary N) is 1. The van der Waals surface area contributed by atoms with Crippen LogP contribution in [0.25, 0.3) is 0 Å². The molecule has 3 rings (SSSR count). The third-order valence-corrected chi connectivity index (χ3v) is 4.62. The van der Waals surface area contributed by atoms with Gasteiger partial charge in [-0.1, -0.05) is 80.3 Å². The second kappa shape index (κ2) is 8.53. The summed E-state index contributed by atoms with van der Waals surface area (Å²) >= 11 is 0. The Balaban J connectivity index is 1.60. The number of rotatable bonds is 8. The second-order valence-electron chi connectivity index (χ2n) is 6.33. The Bertz CT molecular complexity index is 682. The van der Waals surface area contributed by atoms with Gasteiger partial charge in [0, 0.05) is 17.8 Å². The third-order valence-electron chi connectivity index (χ3n) is 4.62. The molecule has 0 aliphatic rings. The van der Waals surface area contributed by atoms with Gasteiger partial charge in [0.15, 0.2) is 0 Å². The molecule has 3 aromatic rings. The molecule has 0 atom stereocenters. The van der Waals surface area contributed by atoms with Gasteiger partial charge in [0.05, 0.1) is 5.72 Å². The van der Waals surface area contributed by atoms with Gasteiger partial charge in [-0.15, -0.1) is 0 Å². The Morgan fingerprint density at radius 3 is 2.12 bits per heavy atom. The molecule has 2 aromatic carbocycles. The van der Waals surface area contributed by atoms with E-state index >= 15 is 0 Å². The number of H-pyrrole nitrogens is 1. The molecule has 0 amide bonds. The molecule has 0 radical (unpaired) electrons. The molecule has 1 aromatic heterocycles. The molecule has 2 nitrogen and oxygen atoms in total. The van der Waals surface area contributed by atoms with Gasteiger partial charge in [0.1, 0.15) is 0 Å². The summed E-state index contributed by atoms with van der Waals surface area (Å²) in [6.45, 7) is 2.15. The van der Waals surface area contributed by atoms with Gasteiger partial charge in [-0.05, 0) is 24.0 Å². The molecule has 0 fully saturated rings. The average molecular weight is 316 g/mol. The highest BCUT2D eigenvalue weighted by molar-refractivity contribution is 6.51. The Hall–Kier alpha value is -2.29. The van der Waals surface area contributed by atoms with Crippen molar-refractivity contribution in [3.05, 3.63) is 83.7 Å². The van der Waals surface area contributed by atoms with Crippen molar-refractivity contribution in [2.45, 2.75) is 38.4 Å². The Kier molecular flexibility index (Phi) is 5.89. The molecule has 0 spiro atoms. The van der Waals surface area contributed by atoms with Crippen LogP contribution in [0.5, 0.6) is 0 Å². The molecule has 24 heavy (non-hydrogen) atoms. The summed E-state index contributed by atoms with van der Waals surface area (Å²) in [7, 11) is 1.04. The highest BCUT2D eigenvalue weighted by atomic mass is 14.9. The highest BCUT2D eigenvalue weighted by Gasteiger charge is 2.13. The Labute approximate surface area is 145 Å². The largest absolute Gasteiger partial charge is 0.354 e. The maximum Gasteiger partial charge on any atom is 0.204 e. The number of aromatic nitrogens is 2. The zero-order chi connectivity index (χ0) is 16.6. The van der Waals surface area contributed by atoms with Crippen LogP contribution in [0, 0.1) is 0 Å². The predicted molar refractivity (Wildman–Crippen MR) is 104 cm³/mol. The number of hydrogen-bond acceptors (Lipinski definition) is 1. The molecule has 3 heteroatoms. The van der Waals surface area contributed by atoms with E-state index < -0.39 is 0 Å². The second-order valence-corrected chi connectivity index (χ2v) is 6.33. The van der Waals surface area contributed by atoms with Crippen LogP contribution in [-0.4, -0.2) is 17.2 Å². The van der Waals surface area contributed by atoms with E-state index in [-0.39, 0.29) is 0 Å². The van der Waals surface area contributed by atoms with Crippen molar-refractivity contribution in [1.29, 1.82) is 0 Å². The molecule has 0 aliphatic heterocycles. The molecular weight excluding hydrogens is 291 g/mol. The fourth-order valence-corrected chi connectivity index (χ4v) is 3.25. The third kappa shape index (κ3) is 4.38. The van der Waals surface area contributed by atoms with E-state index in [4.69, 9.17) is 0 Å². The van der Waals surface area contributed by atoms with Gasteiger partial charge < -0.3 is 4.98 Å². The number of aryl methyl sites for hydroxylation is 1. The molecule has 1 N–H and O–H groups in total. The van der Waals surface area contributed by atoms with Crippen LogP contribution in [0.1, 0.15) is 42.5 Å². The maximum atomic E-state index is 4.46. The number of aromatic amines is 1. The van der Waals surface area contributed by atoms with Crippen molar-refractivity contribution in [2.24, 2.45) is 0 Å². The first kappa shape index (κ1) is 16.6. The topological polar surface area (TPSA) is 28.7 Å². The highest BCUT2D eigenvalue weighted by Crippen LogP contribution is 2.29. The molecule has 0 bridgehead atoms. The quantitative estimate of drug-likeness (QED) is 0.493. The first-order chi connectivity index (χ1) is 11.9. The Morgan fingerprint density at radius 1 is 0.958 bits per heavy atom. The normalized spacial score (nSPS) is 10.9. The van der Waals surface area contributed by atoms with Gasteiger partial charge in [0.2, 0.25) is 7.28 Å². The lowest BCUT2D eigenvalue weighted by Gasteiger charge is -2.18. The van der Waals surface area contributed by atoms with Crippen molar-refractivity contribution in [1.82, 2.24) is 9.97 Å². The van der Waals surface area contributed by atoms with Crippen LogP contribution in [0.3, 0.4) is 0 Å². The fourth-order valence-electron chi connectivity index (χ4n) is 3.25. The van der Waals surface area contributed by atoms with Crippen LogP contribution in [0.2, 0.25) is 6.32 Å². The average Bonchev–Trinajstić information content (AvgIpc) is 3.11. The van der Waals surface area contributed by atoms with Crippen LogP contribution < -0.4 is 5.72 Å². The minimum Gasteiger partial charge on any atom is -0.354 e.